The monoisotopic (exact) mass is 2200 g/mol. The van der Waals surface area contributed by atoms with Crippen molar-refractivity contribution < 1.29 is 130 Å². The van der Waals surface area contributed by atoms with E-state index in [9.17, 15) is 116 Å². The molecule has 7 amide bonds. The Labute approximate surface area is 888 Å². The Balaban J connectivity index is 0.000000359. The van der Waals surface area contributed by atoms with Crippen molar-refractivity contribution in [3.63, 3.8) is 0 Å². The predicted octanol–water partition coefficient (Wildman–Crippen LogP) is 14.8. The van der Waals surface area contributed by atoms with Crippen molar-refractivity contribution in [2.75, 3.05) is 73.7 Å². The van der Waals surface area contributed by atoms with Crippen molar-refractivity contribution in [1.29, 1.82) is 0 Å². The molecule has 0 aliphatic carbocycles. The van der Waals surface area contributed by atoms with E-state index in [0.717, 1.165) is 61.8 Å². The van der Waals surface area contributed by atoms with E-state index in [1.165, 1.54) is 88.8 Å². The number of allylic oxidation sites excluding steroid dienone is 12. The summed E-state index contributed by atoms with van der Waals surface area (Å²) in [6.45, 7) is 33.4. The summed E-state index contributed by atoms with van der Waals surface area (Å²) in [5.74, 6) is -2.66. The van der Waals surface area contributed by atoms with Crippen molar-refractivity contribution in [2.45, 2.75) is 333 Å². The van der Waals surface area contributed by atoms with E-state index in [2.05, 4.69) is 119 Å². The van der Waals surface area contributed by atoms with Crippen LogP contribution >= 0.6 is 0 Å². The first-order chi connectivity index (χ1) is 70.2. The summed E-state index contributed by atoms with van der Waals surface area (Å²) in [5, 5.41) is 5.81. The van der Waals surface area contributed by atoms with E-state index in [4.69, 9.17) is 4.84 Å². The molecule has 0 radical (unpaired) electrons. The molecule has 4 aromatic carbocycles. The first-order valence-corrected chi connectivity index (χ1v) is 60.9. The third-order valence-corrected chi connectivity index (χ3v) is 34.5. The zero-order valence-electron chi connectivity index (χ0n) is 89.5. The van der Waals surface area contributed by atoms with Gasteiger partial charge in [0.15, 0.2) is 11.4 Å². The lowest BCUT2D eigenvalue weighted by molar-refractivity contribution is -0.438. The number of imide groups is 2. The number of hydrogen-bond donors (Lipinski definition) is 3. The fourth-order valence-electron chi connectivity index (χ4n) is 19.6. The SMILES string of the molecule is CCC(CC)CC.CCC(CC)CC.Cc1ccc2c(c1)C(C)(C)C(C=CC=CC=C1N(CCCS(=O)(=O)[O-])c3ccc(S(=O)(=O)[O-])cc3C1(C)CCCCCC(=O)NCCN1C(=O)CCC1=O)=[N+]2CCCCC(=O)NCC(C)S(=O)(=O)[O-].Cc1ccc2c(c1)C(C)(C)C(C=CC=CC=C1N(CCCS(=O)(=O)[O-])c3ccc(S(=O)(=O)[O-])cc3C1(C)CCCCCC(=O)ON1C(=O)CCC1=O)=[N+]2CCCCC(=O)NCC(C)S(=O)(=O)[O-]. The number of carbonyl (C=O) groups is 8. The number of unbranched alkanes of at least 4 members (excludes halogenated alkanes) is 6. The van der Waals surface area contributed by atoms with E-state index < -0.39 is 132 Å². The average molecular weight is 2200 g/mol. The van der Waals surface area contributed by atoms with Gasteiger partial charge in [-0.2, -0.15) is 9.15 Å². The van der Waals surface area contributed by atoms with Crippen LogP contribution in [0.5, 0.6) is 0 Å². The van der Waals surface area contributed by atoms with Gasteiger partial charge in [0.05, 0.1) is 71.6 Å². The number of anilines is 2. The molecule has 0 spiro atoms. The van der Waals surface area contributed by atoms with Crippen molar-refractivity contribution >= 4 is 142 Å². The van der Waals surface area contributed by atoms with Crippen molar-refractivity contribution in [3.8, 4) is 0 Å². The highest BCUT2D eigenvalue weighted by molar-refractivity contribution is 7.87. The van der Waals surface area contributed by atoms with Crippen LogP contribution in [0.3, 0.4) is 0 Å². The number of aryl methyl sites for hydroxylation is 2. The van der Waals surface area contributed by atoms with Gasteiger partial charge in [-0.05, 0) is 204 Å². The molecular weight excluding hydrogens is 2050 g/mol. The molecule has 0 saturated carbocycles. The summed E-state index contributed by atoms with van der Waals surface area (Å²) in [7, 11) is -27.9. The number of nitrogens with one attached hydrogen (secondary N) is 3. The Morgan fingerprint density at radius 1 is 0.407 bits per heavy atom. The van der Waals surface area contributed by atoms with Crippen LogP contribution in [0.2, 0.25) is 0 Å². The van der Waals surface area contributed by atoms with E-state index >= 15 is 0 Å². The van der Waals surface area contributed by atoms with Gasteiger partial charge in [0.25, 0.3) is 11.8 Å². The molecule has 832 valence electrons. The van der Waals surface area contributed by atoms with Gasteiger partial charge >= 0.3 is 5.97 Å². The summed E-state index contributed by atoms with van der Waals surface area (Å²) in [5.41, 5.74) is 9.22. The minimum absolute atomic E-state index is 0.0297. The lowest BCUT2D eigenvalue weighted by atomic mass is 9.77. The largest absolute Gasteiger partial charge is 0.748 e. The maximum atomic E-state index is 12.6. The highest BCUT2D eigenvalue weighted by atomic mass is 32.2. The Morgan fingerprint density at radius 2 is 0.760 bits per heavy atom. The molecule has 4 atom stereocenters. The van der Waals surface area contributed by atoms with Gasteiger partial charge in [-0.1, -0.05) is 165 Å². The number of likely N-dealkylation sites (tertiary alicyclic amines) is 1. The second-order valence-corrected chi connectivity index (χ2v) is 50.1. The molecule has 150 heavy (non-hydrogen) atoms. The molecule has 4 unspecified atom stereocenters. The smallest absolute Gasteiger partial charge is 0.333 e. The maximum Gasteiger partial charge on any atom is 0.333 e. The average Bonchev–Trinajstić information content (AvgIpc) is 1.57. The second-order valence-electron chi connectivity index (χ2n) is 40.7. The lowest BCUT2D eigenvalue weighted by Crippen LogP contribution is -2.37. The fourth-order valence-corrected chi connectivity index (χ4v) is 22.2. The molecule has 4 aromatic rings. The summed E-state index contributed by atoms with van der Waals surface area (Å²) in [4.78, 5) is 106. The van der Waals surface area contributed by atoms with Crippen LogP contribution in [0.25, 0.3) is 0 Å². The molecule has 0 aromatic heterocycles. The topological polar surface area (TPSA) is 544 Å². The zero-order chi connectivity index (χ0) is 112. The number of hydrogen-bond acceptors (Lipinski definition) is 29. The Bertz CT molecular complexity index is 6420. The zero-order valence-corrected chi connectivity index (χ0v) is 94.4. The number of rotatable bonds is 54. The van der Waals surface area contributed by atoms with Crippen LogP contribution in [-0.2, 0) is 126 Å². The first kappa shape index (κ1) is 127. The van der Waals surface area contributed by atoms with Gasteiger partial charge in [0, 0.05) is 184 Å². The number of nitrogens with zero attached hydrogens (tertiary/aromatic N) is 6. The molecule has 2 saturated heterocycles. The van der Waals surface area contributed by atoms with Crippen molar-refractivity contribution in [1.82, 2.24) is 25.9 Å². The van der Waals surface area contributed by atoms with E-state index in [-0.39, 0.29) is 133 Å². The minimum atomic E-state index is -4.88. The number of fused-ring (bicyclic) bond motifs is 4. The minimum Gasteiger partial charge on any atom is -0.748 e. The maximum absolute atomic E-state index is 12.6. The predicted molar refractivity (Wildman–Crippen MR) is 570 cm³/mol. The molecule has 6 heterocycles. The highest BCUT2D eigenvalue weighted by Crippen LogP contribution is 2.54. The van der Waals surface area contributed by atoms with Gasteiger partial charge in [-0.3, -0.25) is 38.5 Å². The van der Waals surface area contributed by atoms with E-state index in [1.54, 1.807) is 6.08 Å². The van der Waals surface area contributed by atoms with Crippen LogP contribution in [0.1, 0.15) is 310 Å². The standard InChI is InChI=1S/C48H65N5O13S3.C46H60N4O14S3.2C7H16/c1-34-19-21-39-37(31-34)47(3,4)41(51(39)27-13-11-18-44(55)50-33-35(2)68(61,62)63)15-8-6-9-16-42-48(5,25-12-7-10-17-43(54)49-26-29-53-45(56)23-24-46(53)57)38-32-36(69(64,65)66)20-22-40(38)52(42)28-14-30-67(58,59)60;1-32-19-21-37-35(29-32)45(3,4)39(48(37)26-13-11-17-41(51)47-31-33(2)66(58,59)60)15-8-6-9-16-40-46(5,25-12-7-10-18-44(54)64-50-42(52)23-24-43(50)53)36-30-34(67(61,62)63)20-22-38(36)49(40)27-14-28-65(55,56)57;2*1-4-7(5-2)6-3/h6,8-9,15-16,19-22,31-32,35H,7,10-14,17-18,23-30,33H2,1-5H3,(H4-,49,50,54,55,58,59,60,61,62,63,64,65,66);6,8-9,15-16,19-22,29-30,33H,7,10-14,17-18,23-28,31H2,1-5H3,(H3-,47,51,55,56,57,58,59,60,61,62,63);2*7H,4-6H2,1-3H3/p-4. The molecular formula is C108H153N9O27S6-4. The molecule has 3 N–H and O–H groups in total. The molecule has 0 bridgehead atoms. The van der Waals surface area contributed by atoms with Crippen LogP contribution < -0.4 is 25.8 Å². The van der Waals surface area contributed by atoms with Gasteiger partial charge in [0.1, 0.15) is 33.3 Å². The normalized spacial score (nSPS) is 18.6. The van der Waals surface area contributed by atoms with Crippen LogP contribution in [0.4, 0.5) is 22.7 Å². The molecule has 36 nitrogen and oxygen atoms in total. The Kier molecular flexibility index (Phi) is 47.9. The first-order valence-electron chi connectivity index (χ1n) is 52.0. The van der Waals surface area contributed by atoms with Crippen LogP contribution in [0, 0.1) is 25.7 Å². The third kappa shape index (κ3) is 36.5. The van der Waals surface area contributed by atoms with E-state index in [1.807, 2.05) is 104 Å². The van der Waals surface area contributed by atoms with Gasteiger partial charge in [0.2, 0.25) is 40.9 Å². The highest BCUT2D eigenvalue weighted by Gasteiger charge is 2.49. The van der Waals surface area contributed by atoms with Crippen molar-refractivity contribution in [2.24, 2.45) is 11.8 Å². The summed E-state index contributed by atoms with van der Waals surface area (Å²) in [6, 6.07) is 20.6. The molecule has 42 heteroatoms. The summed E-state index contributed by atoms with van der Waals surface area (Å²) >= 11 is 0. The summed E-state index contributed by atoms with van der Waals surface area (Å²) < 4.78 is 215. The number of benzene rings is 4. The third-order valence-electron chi connectivity index (χ3n) is 28.9. The number of amides is 7. The van der Waals surface area contributed by atoms with Gasteiger partial charge in [-0.15, -0.1) is 5.06 Å². The van der Waals surface area contributed by atoms with Gasteiger partial charge in [-0.25, -0.2) is 55.3 Å². The molecule has 10 rings (SSSR count). The second kappa shape index (κ2) is 56.7. The molecule has 2 fully saturated rings. The number of hydroxylamine groups is 2. The fraction of sp³-hybridized carbons (Fsp3) is 0.574. The lowest BCUT2D eigenvalue weighted by Gasteiger charge is -2.31. The van der Waals surface area contributed by atoms with Crippen molar-refractivity contribution in [3.05, 3.63) is 178 Å². The van der Waals surface area contributed by atoms with E-state index in [0.29, 0.717) is 129 Å². The molecule has 6 aliphatic rings. The number of carbonyl (C=O) groups excluding carboxylic acids is 8. The quantitative estimate of drug-likeness (QED) is 0.0121. The summed E-state index contributed by atoms with van der Waals surface area (Å²) in [6.07, 6.45) is 33.5. The molecule has 6 aliphatic heterocycles. The van der Waals surface area contributed by atoms with Crippen LogP contribution in [-0.4, -0.2) is 230 Å². The van der Waals surface area contributed by atoms with Gasteiger partial charge < -0.3 is 57.9 Å². The Morgan fingerprint density at radius 3 is 1.11 bits per heavy atom. The Hall–Kier alpha value is -10.1. The van der Waals surface area contributed by atoms with Crippen LogP contribution in [0.15, 0.2) is 155 Å².